The topological polar surface area (TPSA) is 50.9 Å². The number of hydrogen-bond donors (Lipinski definition) is 1. The van der Waals surface area contributed by atoms with Crippen LogP contribution in [0.4, 0.5) is 0 Å². The van der Waals surface area contributed by atoms with Crippen LogP contribution in [0.2, 0.25) is 0 Å². The van der Waals surface area contributed by atoms with Crippen LogP contribution < -0.4 is 0 Å². The summed E-state index contributed by atoms with van der Waals surface area (Å²) in [5, 5.41) is 12.0. The quantitative estimate of drug-likeness (QED) is 0.166. The van der Waals surface area contributed by atoms with Crippen molar-refractivity contribution in [2.45, 2.75) is 53.8 Å². The molecule has 0 bridgehead atoms. The first-order valence-corrected chi connectivity index (χ1v) is 22.5. The highest BCUT2D eigenvalue weighted by Gasteiger charge is 2.25. The van der Waals surface area contributed by atoms with Crippen molar-refractivity contribution in [1.82, 2.24) is 14.5 Å². The Balaban J connectivity index is 1.27. The molecule has 0 fully saturated rings. The molecule has 0 aliphatic carbocycles. The third-order valence-electron chi connectivity index (χ3n) is 12.7. The standard InChI is InChI=1S/C62H53N3O/c1-39-21-23-44(24-22-39)47-29-30-63-56(37-47)50-35-48(43-15-10-8-11-16-43)34-49(36-50)52-19-14-20-57-59(52)64-61(55-32-40(2)31-42(4)60(55)66)65(57)58-33-41(3)53(38-54(58)45-17-12-9-13-18-45)46-25-27-51(28-26-46)62(5,6)7/h8-38,66H,1-7H3/i3D3. The van der Waals surface area contributed by atoms with Crippen molar-refractivity contribution >= 4 is 11.0 Å². The van der Waals surface area contributed by atoms with Gasteiger partial charge in [0, 0.05) is 27.0 Å². The Kier molecular flexibility index (Phi) is 9.92. The minimum Gasteiger partial charge on any atom is -0.507 e. The maximum atomic E-state index is 12.0. The fourth-order valence-corrected chi connectivity index (χ4v) is 9.14. The Bertz CT molecular complexity index is 3530. The van der Waals surface area contributed by atoms with Gasteiger partial charge in [-0.3, -0.25) is 9.55 Å². The molecule has 4 nitrogen and oxygen atoms in total. The summed E-state index contributed by atoms with van der Waals surface area (Å²) < 4.78 is 29.2. The van der Waals surface area contributed by atoms with Crippen LogP contribution >= 0.6 is 0 Å². The van der Waals surface area contributed by atoms with Crippen molar-refractivity contribution in [1.29, 1.82) is 0 Å². The molecular formula is C62H53N3O. The van der Waals surface area contributed by atoms with Gasteiger partial charge in [-0.2, -0.15) is 0 Å². The molecule has 2 aromatic heterocycles. The number of pyridine rings is 1. The normalized spacial score (nSPS) is 12.5. The monoisotopic (exact) mass is 858 g/mol. The zero-order valence-corrected chi connectivity index (χ0v) is 38.2. The van der Waals surface area contributed by atoms with Gasteiger partial charge < -0.3 is 5.11 Å². The molecule has 0 unspecified atom stereocenters. The summed E-state index contributed by atoms with van der Waals surface area (Å²) in [4.78, 5) is 10.5. The maximum absolute atomic E-state index is 12.0. The predicted octanol–water partition coefficient (Wildman–Crippen LogP) is 16.3. The van der Waals surface area contributed by atoms with E-state index in [2.05, 4.69) is 119 Å². The molecule has 2 heterocycles. The molecule has 322 valence electrons. The molecule has 10 aromatic rings. The molecule has 1 N–H and O–H groups in total. The fourth-order valence-electron chi connectivity index (χ4n) is 9.14. The van der Waals surface area contributed by atoms with E-state index in [0.717, 1.165) is 78.0 Å². The number of para-hydroxylation sites is 1. The Hall–Kier alpha value is -7.82. The van der Waals surface area contributed by atoms with Gasteiger partial charge in [-0.15, -0.1) is 0 Å². The summed E-state index contributed by atoms with van der Waals surface area (Å²) in [5.41, 5.74) is 17.8. The molecule has 0 radical (unpaired) electrons. The number of aromatic nitrogens is 3. The Morgan fingerprint density at radius 1 is 0.485 bits per heavy atom. The summed E-state index contributed by atoms with van der Waals surface area (Å²) in [6.07, 6.45) is 1.87. The third-order valence-corrected chi connectivity index (χ3v) is 12.7. The molecule has 8 aromatic carbocycles. The molecule has 66 heavy (non-hydrogen) atoms. The van der Waals surface area contributed by atoms with Crippen LogP contribution in [-0.2, 0) is 5.41 Å². The smallest absolute Gasteiger partial charge is 0.149 e. The lowest BCUT2D eigenvalue weighted by atomic mass is 9.85. The van der Waals surface area contributed by atoms with E-state index in [9.17, 15) is 5.11 Å². The molecule has 0 saturated heterocycles. The number of aromatic hydroxyl groups is 1. The largest absolute Gasteiger partial charge is 0.507 e. The summed E-state index contributed by atoms with van der Waals surface area (Å²) in [6.45, 7) is 10.0. The predicted molar refractivity (Wildman–Crippen MR) is 276 cm³/mol. The van der Waals surface area contributed by atoms with E-state index >= 15 is 0 Å². The van der Waals surface area contributed by atoms with E-state index in [1.165, 1.54) is 5.56 Å². The van der Waals surface area contributed by atoms with E-state index < -0.39 is 6.85 Å². The number of nitrogens with zero attached hydrogens (tertiary/aromatic N) is 3. The van der Waals surface area contributed by atoms with Gasteiger partial charge in [-0.05, 0) is 154 Å². The lowest BCUT2D eigenvalue weighted by molar-refractivity contribution is 0.472. The first-order valence-electron chi connectivity index (χ1n) is 24.0. The maximum Gasteiger partial charge on any atom is 0.149 e. The number of rotatable bonds is 8. The van der Waals surface area contributed by atoms with Crippen LogP contribution in [0.3, 0.4) is 0 Å². The molecule has 4 heteroatoms. The van der Waals surface area contributed by atoms with E-state index in [-0.39, 0.29) is 16.7 Å². The summed E-state index contributed by atoms with van der Waals surface area (Å²) in [6, 6.07) is 61.9. The van der Waals surface area contributed by atoms with Gasteiger partial charge in [0.15, 0.2) is 0 Å². The van der Waals surface area contributed by atoms with E-state index in [1.807, 2.05) is 116 Å². The van der Waals surface area contributed by atoms with E-state index in [0.29, 0.717) is 33.7 Å². The van der Waals surface area contributed by atoms with Crippen LogP contribution in [0.15, 0.2) is 188 Å². The molecule has 0 saturated carbocycles. The Morgan fingerprint density at radius 3 is 1.85 bits per heavy atom. The van der Waals surface area contributed by atoms with Crippen LogP contribution in [0, 0.1) is 27.6 Å². The first-order chi connectivity index (χ1) is 33.1. The van der Waals surface area contributed by atoms with Crippen LogP contribution in [0.25, 0.3) is 95.0 Å². The van der Waals surface area contributed by atoms with Gasteiger partial charge >= 0.3 is 0 Å². The molecule has 0 atom stereocenters. The van der Waals surface area contributed by atoms with Gasteiger partial charge in [0.1, 0.15) is 11.6 Å². The van der Waals surface area contributed by atoms with Gasteiger partial charge in [-0.25, -0.2) is 4.98 Å². The summed E-state index contributed by atoms with van der Waals surface area (Å²) in [7, 11) is 0. The second kappa shape index (κ2) is 17.0. The van der Waals surface area contributed by atoms with Gasteiger partial charge in [0.05, 0.1) is 28.0 Å². The van der Waals surface area contributed by atoms with Gasteiger partial charge in [0.2, 0.25) is 0 Å². The Labute approximate surface area is 392 Å². The number of phenols is 1. The summed E-state index contributed by atoms with van der Waals surface area (Å²) >= 11 is 0. The fraction of sp³-hybridized carbons (Fsp3) is 0.129. The van der Waals surface area contributed by atoms with Crippen molar-refractivity contribution in [2.24, 2.45) is 0 Å². The number of fused-ring (bicyclic) bond motifs is 1. The number of phenolic OH excluding ortho intramolecular Hbond substituents is 1. The zero-order valence-electron chi connectivity index (χ0n) is 41.2. The van der Waals surface area contributed by atoms with Crippen molar-refractivity contribution in [3.05, 3.63) is 216 Å². The minimum absolute atomic E-state index is 0.0734. The van der Waals surface area contributed by atoms with E-state index in [1.54, 1.807) is 0 Å². The molecule has 0 aliphatic heterocycles. The molecular weight excluding hydrogens is 803 g/mol. The highest BCUT2D eigenvalue weighted by Crippen LogP contribution is 2.44. The highest BCUT2D eigenvalue weighted by molar-refractivity contribution is 5.99. The second-order valence-electron chi connectivity index (χ2n) is 18.5. The van der Waals surface area contributed by atoms with Gasteiger partial charge in [0.25, 0.3) is 0 Å². The van der Waals surface area contributed by atoms with Crippen molar-refractivity contribution in [3.63, 3.8) is 0 Å². The SMILES string of the molecule is [2H]C([2H])([2H])c1cc(-n2c(-c3cc(C)cc(C)c3O)nc3c(-c4cc(-c5ccccc5)cc(-c5cc(-c6ccc(C)cc6)ccn5)c4)cccc32)c(-c2ccccc2)cc1-c1ccc(C(C)(C)C)cc1. The van der Waals surface area contributed by atoms with Gasteiger partial charge in [-0.1, -0.05) is 154 Å². The second-order valence-corrected chi connectivity index (χ2v) is 18.5. The lowest BCUT2D eigenvalue weighted by Gasteiger charge is -2.21. The summed E-state index contributed by atoms with van der Waals surface area (Å²) in [5.74, 6) is 0.601. The van der Waals surface area contributed by atoms with Crippen molar-refractivity contribution < 1.29 is 9.22 Å². The number of benzene rings is 8. The van der Waals surface area contributed by atoms with Crippen LogP contribution in [0.1, 0.15) is 52.7 Å². The average Bonchev–Trinajstić information content (AvgIpc) is 3.74. The molecule has 10 rings (SSSR count). The minimum atomic E-state index is -2.48. The molecule has 0 spiro atoms. The number of hydrogen-bond acceptors (Lipinski definition) is 3. The first kappa shape index (κ1) is 38.6. The molecule has 0 aliphatic rings. The van der Waals surface area contributed by atoms with E-state index in [4.69, 9.17) is 14.1 Å². The average molecular weight is 859 g/mol. The molecule has 0 amide bonds. The van der Waals surface area contributed by atoms with Crippen LogP contribution in [0.5, 0.6) is 5.75 Å². The number of imidazole rings is 1. The third kappa shape index (κ3) is 8.01. The lowest BCUT2D eigenvalue weighted by Crippen LogP contribution is -2.10. The number of aryl methyl sites for hydroxylation is 4. The van der Waals surface area contributed by atoms with Crippen LogP contribution in [-0.4, -0.2) is 19.6 Å². The zero-order chi connectivity index (χ0) is 48.2. The Morgan fingerprint density at radius 2 is 1.14 bits per heavy atom. The van der Waals surface area contributed by atoms with Crippen molar-refractivity contribution in [2.75, 3.05) is 0 Å². The van der Waals surface area contributed by atoms with Crippen molar-refractivity contribution in [3.8, 4) is 89.7 Å². The highest BCUT2D eigenvalue weighted by atomic mass is 16.3.